The molecule has 3 aromatic rings. The van der Waals surface area contributed by atoms with Gasteiger partial charge in [0.05, 0.1) is 36.6 Å². The van der Waals surface area contributed by atoms with Crippen molar-refractivity contribution in [2.45, 2.75) is 93.3 Å². The van der Waals surface area contributed by atoms with E-state index in [0.717, 1.165) is 51.5 Å². The third kappa shape index (κ3) is 6.84. The van der Waals surface area contributed by atoms with E-state index in [1.54, 1.807) is 6.08 Å². The van der Waals surface area contributed by atoms with Crippen LogP contribution in [0.2, 0.25) is 0 Å². The number of aliphatic hydroxyl groups is 1. The summed E-state index contributed by atoms with van der Waals surface area (Å²) in [5, 5.41) is 21.5. The maximum atomic E-state index is 16.9. The Bertz CT molecular complexity index is 2000. The number of ether oxygens (including phenoxy) is 2. The highest BCUT2D eigenvalue weighted by Gasteiger charge is 2.49. The lowest BCUT2D eigenvalue weighted by atomic mass is 9.95. The van der Waals surface area contributed by atoms with Crippen LogP contribution in [0.1, 0.15) is 62.8 Å². The Hall–Kier alpha value is -3.94. The largest absolute Gasteiger partial charge is 0.461 e. The minimum atomic E-state index is -0.997. The fourth-order valence-electron chi connectivity index (χ4n) is 9.83. The fraction of sp³-hybridized carbons (Fsp3) is 0.600. The molecule has 15 heteroatoms. The molecule has 1 unspecified atom stereocenters. The molecule has 55 heavy (non-hydrogen) atoms. The van der Waals surface area contributed by atoms with Gasteiger partial charge in [-0.15, -0.1) is 0 Å². The van der Waals surface area contributed by atoms with E-state index in [-0.39, 0.29) is 53.8 Å². The van der Waals surface area contributed by atoms with E-state index in [1.165, 1.54) is 12.3 Å². The number of aromatic nitrogens is 3. The number of alkyl halides is 1. The first kappa shape index (κ1) is 36.7. The normalized spacial score (nSPS) is 29.3. The van der Waals surface area contributed by atoms with Gasteiger partial charge in [-0.05, 0) is 69.2 Å². The van der Waals surface area contributed by atoms with Crippen molar-refractivity contribution >= 4 is 16.7 Å². The maximum absolute atomic E-state index is 16.9. The first-order chi connectivity index (χ1) is 26.7. The molecule has 6 fully saturated rings. The number of hydrogen-bond donors (Lipinski definition) is 1. The van der Waals surface area contributed by atoms with Gasteiger partial charge in [-0.25, -0.2) is 17.6 Å². The first-order valence-electron chi connectivity index (χ1n) is 19.7. The van der Waals surface area contributed by atoms with Crippen molar-refractivity contribution in [3.63, 3.8) is 0 Å². The molecule has 0 radical (unpaired) electrons. The van der Waals surface area contributed by atoms with Gasteiger partial charge in [-0.1, -0.05) is 6.08 Å². The first-order valence-corrected chi connectivity index (χ1v) is 19.7. The van der Waals surface area contributed by atoms with E-state index in [4.69, 9.17) is 14.5 Å². The van der Waals surface area contributed by atoms with E-state index in [1.807, 2.05) is 15.9 Å². The minimum Gasteiger partial charge on any atom is -0.461 e. The lowest BCUT2D eigenvalue weighted by Crippen LogP contribution is -2.56. The molecule has 9 rings (SSSR count). The molecule has 1 aliphatic carbocycles. The summed E-state index contributed by atoms with van der Waals surface area (Å²) in [5.74, 6) is -2.69. The van der Waals surface area contributed by atoms with Crippen LogP contribution in [0.5, 0.6) is 6.01 Å². The van der Waals surface area contributed by atoms with Crippen molar-refractivity contribution in [3.05, 3.63) is 53.5 Å². The molecular formula is C40H46F4N8O3. The van der Waals surface area contributed by atoms with Crippen LogP contribution in [0.25, 0.3) is 22.2 Å². The molecule has 2 aromatic heterocycles. The van der Waals surface area contributed by atoms with Gasteiger partial charge in [0.1, 0.15) is 36.0 Å². The maximum Gasteiger partial charge on any atom is 0.319 e. The second-order valence-electron chi connectivity index (χ2n) is 16.1. The molecule has 6 aliphatic rings. The van der Waals surface area contributed by atoms with E-state index in [0.29, 0.717) is 68.7 Å². The second kappa shape index (κ2) is 14.9. The zero-order chi connectivity index (χ0) is 37.8. The van der Waals surface area contributed by atoms with E-state index in [2.05, 4.69) is 25.8 Å². The summed E-state index contributed by atoms with van der Waals surface area (Å²) >= 11 is 0. The SMILES string of the molecule is N#CC[C@H]1CN(c2nc(OC[C@@]34CCCN3C[C@H](F)C4)nc3c(F)c(-c4ccc(F)c(F)c4C4CC4)ncc23)CCN1C(O)/C=C/CN1[C@@H]2CC[C@H]1COC2. The Balaban J connectivity index is 1.03. The van der Waals surface area contributed by atoms with Gasteiger partial charge >= 0.3 is 6.01 Å². The van der Waals surface area contributed by atoms with Gasteiger partial charge in [-0.2, -0.15) is 15.2 Å². The number of aliphatic hydroxyl groups excluding tert-OH is 1. The van der Waals surface area contributed by atoms with Crippen LogP contribution in [0.4, 0.5) is 23.4 Å². The fourth-order valence-corrected chi connectivity index (χ4v) is 9.83. The number of nitrogens with zero attached hydrogens (tertiary/aromatic N) is 8. The number of halogens is 4. The molecule has 5 saturated heterocycles. The van der Waals surface area contributed by atoms with Gasteiger partial charge in [0.2, 0.25) is 0 Å². The number of fused-ring (bicyclic) bond motifs is 4. The lowest BCUT2D eigenvalue weighted by molar-refractivity contribution is -0.00986. The predicted octanol–water partition coefficient (Wildman–Crippen LogP) is 5.08. The number of nitriles is 1. The van der Waals surface area contributed by atoms with Crippen LogP contribution in [0, 0.1) is 28.8 Å². The summed E-state index contributed by atoms with van der Waals surface area (Å²) in [6, 6.07) is 4.93. The number of rotatable bonds is 11. The molecule has 0 amide bonds. The van der Waals surface area contributed by atoms with Crippen molar-refractivity contribution in [2.24, 2.45) is 0 Å². The quantitative estimate of drug-likeness (QED) is 0.209. The highest BCUT2D eigenvalue weighted by atomic mass is 19.2. The number of morpholine rings is 1. The smallest absolute Gasteiger partial charge is 0.319 e. The van der Waals surface area contributed by atoms with E-state index < -0.39 is 41.4 Å². The van der Waals surface area contributed by atoms with Crippen molar-refractivity contribution in [1.82, 2.24) is 29.7 Å². The summed E-state index contributed by atoms with van der Waals surface area (Å²) in [6.45, 7) is 4.47. The Morgan fingerprint density at radius 3 is 2.65 bits per heavy atom. The molecule has 11 nitrogen and oxygen atoms in total. The summed E-state index contributed by atoms with van der Waals surface area (Å²) in [6.07, 6.45) is 9.05. The number of pyridine rings is 1. The number of anilines is 1. The third-order valence-electron chi connectivity index (χ3n) is 12.8. The van der Waals surface area contributed by atoms with Crippen LogP contribution in [0.15, 0.2) is 30.5 Å². The van der Waals surface area contributed by atoms with Crippen LogP contribution in [-0.4, -0.2) is 130 Å². The third-order valence-corrected chi connectivity index (χ3v) is 12.8. The van der Waals surface area contributed by atoms with Gasteiger partial charge in [0, 0.05) is 74.6 Å². The Labute approximate surface area is 317 Å². The Kier molecular flexibility index (Phi) is 9.91. The standard InChI is InChI=1S/C40H46F4N8O3/c41-25-17-40(11-2-13-50(40)19-25)23-55-39-47-37-30(18-46-36(35(37)44)29-8-9-31(42)34(43)33(29)24-4-5-24)38(48-39)49-15-16-52(26(20-49)10-12-45)32(53)3-1-14-51-27-6-7-28(51)22-54-21-27/h1,3,8-9,18,24-28,32,53H,2,4-7,10-11,13-17,19-23H2/b3-1+/t25-,26+,27-,28+,32?,40+/m1/s1. The zero-order valence-electron chi connectivity index (χ0n) is 30.7. The predicted molar refractivity (Wildman–Crippen MR) is 196 cm³/mol. The van der Waals surface area contributed by atoms with Crippen LogP contribution >= 0.6 is 0 Å². The van der Waals surface area contributed by atoms with Gasteiger partial charge in [0.25, 0.3) is 0 Å². The molecule has 6 atom stereocenters. The van der Waals surface area contributed by atoms with Crippen LogP contribution < -0.4 is 9.64 Å². The summed E-state index contributed by atoms with van der Waals surface area (Å²) in [4.78, 5) is 22.2. The van der Waals surface area contributed by atoms with Gasteiger partial charge in [0.15, 0.2) is 17.5 Å². The topological polar surface area (TPSA) is 114 Å². The molecule has 0 spiro atoms. The van der Waals surface area contributed by atoms with Crippen LogP contribution in [0.3, 0.4) is 0 Å². The summed E-state index contributed by atoms with van der Waals surface area (Å²) in [5.41, 5.74) is -0.452. The highest BCUT2D eigenvalue weighted by Crippen LogP contribution is 2.47. The van der Waals surface area contributed by atoms with Crippen molar-refractivity contribution in [2.75, 3.05) is 64.0 Å². The van der Waals surface area contributed by atoms with Gasteiger partial charge in [-0.3, -0.25) is 19.7 Å². The molecule has 5 aliphatic heterocycles. The molecule has 1 saturated carbocycles. The van der Waals surface area contributed by atoms with Gasteiger partial charge < -0.3 is 19.5 Å². The van der Waals surface area contributed by atoms with Crippen molar-refractivity contribution in [1.29, 1.82) is 5.26 Å². The summed E-state index contributed by atoms with van der Waals surface area (Å²) in [7, 11) is 0. The molecular weight excluding hydrogens is 716 g/mol. The molecule has 1 aromatic carbocycles. The number of benzene rings is 1. The molecule has 292 valence electrons. The lowest BCUT2D eigenvalue weighted by Gasteiger charge is -2.43. The zero-order valence-corrected chi connectivity index (χ0v) is 30.7. The van der Waals surface area contributed by atoms with Crippen molar-refractivity contribution < 1.29 is 32.1 Å². The van der Waals surface area contributed by atoms with Crippen molar-refractivity contribution in [3.8, 4) is 23.3 Å². The highest BCUT2D eigenvalue weighted by molar-refractivity contribution is 5.92. The van der Waals surface area contributed by atoms with Crippen LogP contribution in [-0.2, 0) is 4.74 Å². The van der Waals surface area contributed by atoms with E-state index >= 15 is 8.78 Å². The molecule has 1 N–H and O–H groups in total. The molecule has 2 bridgehead atoms. The average Bonchev–Trinajstić information content (AvgIpc) is 3.82. The number of hydrogen-bond acceptors (Lipinski definition) is 11. The number of piperazine rings is 1. The Morgan fingerprint density at radius 2 is 1.87 bits per heavy atom. The average molecular weight is 763 g/mol. The van der Waals surface area contributed by atoms with E-state index in [9.17, 15) is 19.1 Å². The minimum absolute atomic E-state index is 0.0888. The second-order valence-corrected chi connectivity index (χ2v) is 16.1. The molecule has 7 heterocycles. The Morgan fingerprint density at radius 1 is 1.05 bits per heavy atom. The summed E-state index contributed by atoms with van der Waals surface area (Å²) < 4.78 is 73.0. The monoisotopic (exact) mass is 762 g/mol.